The van der Waals surface area contributed by atoms with Crippen LogP contribution in [0.1, 0.15) is 6.42 Å². The molecular formula is C7H12NO4S-. The Bertz CT molecular complexity index is 191. The van der Waals surface area contributed by atoms with E-state index in [9.17, 15) is 15.0 Å². The molecule has 0 bridgehead atoms. The molecule has 0 aromatic rings. The van der Waals surface area contributed by atoms with Crippen LogP contribution in [0.25, 0.3) is 0 Å². The van der Waals surface area contributed by atoms with Crippen molar-refractivity contribution in [1.82, 2.24) is 5.32 Å². The van der Waals surface area contributed by atoms with Crippen LogP contribution in [0.4, 0.5) is 0 Å². The van der Waals surface area contributed by atoms with Gasteiger partial charge in [-0.15, -0.1) is 11.8 Å². The predicted molar refractivity (Wildman–Crippen MR) is 45.9 cm³/mol. The highest BCUT2D eigenvalue weighted by molar-refractivity contribution is 8.00. The van der Waals surface area contributed by atoms with Gasteiger partial charge in [-0.25, -0.2) is 0 Å². The van der Waals surface area contributed by atoms with Crippen molar-refractivity contribution < 1.29 is 20.1 Å². The van der Waals surface area contributed by atoms with Crippen LogP contribution in [0.2, 0.25) is 0 Å². The zero-order chi connectivity index (χ0) is 9.90. The van der Waals surface area contributed by atoms with Gasteiger partial charge in [0, 0.05) is 25.3 Å². The summed E-state index contributed by atoms with van der Waals surface area (Å²) in [5.74, 6) is -0.891. The van der Waals surface area contributed by atoms with E-state index >= 15 is 0 Å². The molecule has 6 heteroatoms. The second-order valence-electron chi connectivity index (χ2n) is 2.98. The van der Waals surface area contributed by atoms with Crippen LogP contribution in [-0.2, 0) is 4.79 Å². The lowest BCUT2D eigenvalue weighted by Gasteiger charge is -2.36. The Morgan fingerprint density at radius 3 is 2.85 bits per heavy atom. The molecule has 1 saturated heterocycles. The zero-order valence-electron chi connectivity index (χ0n) is 7.02. The van der Waals surface area contributed by atoms with Crippen molar-refractivity contribution in [2.45, 2.75) is 17.4 Å². The standard InChI is InChI=1S/C7H13NO4S/c9-2-1-7(12)4-8-5(3-13-7)6(10)11/h5,8-9,12H,1-4H2,(H,10,11)/p-1. The number of aliphatic carboxylic acids is 1. The second-order valence-corrected chi connectivity index (χ2v) is 4.37. The lowest BCUT2D eigenvalue weighted by atomic mass is 10.2. The molecular weight excluding hydrogens is 194 g/mol. The van der Waals surface area contributed by atoms with E-state index < -0.39 is 16.9 Å². The van der Waals surface area contributed by atoms with E-state index in [4.69, 9.17) is 5.11 Å². The molecule has 2 unspecified atom stereocenters. The molecule has 0 amide bonds. The van der Waals surface area contributed by atoms with Crippen LogP contribution in [0.3, 0.4) is 0 Å². The van der Waals surface area contributed by atoms with Gasteiger partial charge >= 0.3 is 0 Å². The lowest BCUT2D eigenvalue weighted by Crippen LogP contribution is -2.56. The first kappa shape index (κ1) is 10.8. The first-order valence-corrected chi connectivity index (χ1v) is 4.97. The Morgan fingerprint density at radius 2 is 2.46 bits per heavy atom. The van der Waals surface area contributed by atoms with Crippen LogP contribution in [0.15, 0.2) is 0 Å². The quantitative estimate of drug-likeness (QED) is 0.473. The minimum absolute atomic E-state index is 0.110. The number of aliphatic hydroxyl groups is 2. The molecule has 1 fully saturated rings. The van der Waals surface area contributed by atoms with Crippen molar-refractivity contribution in [1.29, 1.82) is 0 Å². The molecule has 0 spiro atoms. The largest absolute Gasteiger partial charge is 0.548 e. The number of carboxylic acid groups (broad SMARTS) is 1. The zero-order valence-corrected chi connectivity index (χ0v) is 7.84. The highest BCUT2D eigenvalue weighted by Crippen LogP contribution is 2.29. The second kappa shape index (κ2) is 4.28. The van der Waals surface area contributed by atoms with E-state index in [1.165, 1.54) is 0 Å². The Labute approximate surface area is 80.1 Å². The Morgan fingerprint density at radius 1 is 1.77 bits per heavy atom. The van der Waals surface area contributed by atoms with Gasteiger partial charge in [0.05, 0.1) is 12.0 Å². The maximum Gasteiger partial charge on any atom is 0.125 e. The first-order valence-electron chi connectivity index (χ1n) is 3.99. The summed E-state index contributed by atoms with van der Waals surface area (Å²) >= 11 is 1.14. The van der Waals surface area contributed by atoms with Crippen molar-refractivity contribution in [2.75, 3.05) is 18.9 Å². The Balaban J connectivity index is 2.41. The Kier molecular flexibility index (Phi) is 3.55. The minimum atomic E-state index is -1.15. The highest BCUT2D eigenvalue weighted by Gasteiger charge is 2.33. The molecule has 76 valence electrons. The van der Waals surface area contributed by atoms with Gasteiger partial charge in [0.2, 0.25) is 0 Å². The molecule has 1 aliphatic heterocycles. The van der Waals surface area contributed by atoms with E-state index in [0.29, 0.717) is 0 Å². The summed E-state index contributed by atoms with van der Waals surface area (Å²) in [5.41, 5.74) is 0. The number of carbonyl (C=O) groups excluding carboxylic acids is 1. The molecule has 13 heavy (non-hydrogen) atoms. The normalized spacial score (nSPS) is 34.5. The number of rotatable bonds is 3. The van der Waals surface area contributed by atoms with Crippen molar-refractivity contribution in [2.24, 2.45) is 0 Å². The summed E-state index contributed by atoms with van der Waals surface area (Å²) < 4.78 is 0. The van der Waals surface area contributed by atoms with Crippen LogP contribution in [0, 0.1) is 0 Å². The average molecular weight is 206 g/mol. The van der Waals surface area contributed by atoms with Crippen molar-refractivity contribution in [3.8, 4) is 0 Å². The number of nitrogens with one attached hydrogen (secondary N) is 1. The van der Waals surface area contributed by atoms with Gasteiger partial charge in [-0.05, 0) is 0 Å². The van der Waals surface area contributed by atoms with Gasteiger partial charge in [0.25, 0.3) is 0 Å². The molecule has 0 radical (unpaired) electrons. The summed E-state index contributed by atoms with van der Waals surface area (Å²) in [4.78, 5) is 9.36. The lowest BCUT2D eigenvalue weighted by molar-refractivity contribution is -0.307. The third-order valence-electron chi connectivity index (χ3n) is 1.93. The van der Waals surface area contributed by atoms with E-state index in [1.807, 2.05) is 0 Å². The van der Waals surface area contributed by atoms with Gasteiger partial charge < -0.3 is 25.4 Å². The molecule has 2 atom stereocenters. The van der Waals surface area contributed by atoms with Gasteiger partial charge in [-0.2, -0.15) is 0 Å². The molecule has 0 saturated carbocycles. The SMILES string of the molecule is O=C([O-])C1CSC(O)(CCO)CN1. The number of carbonyl (C=O) groups is 1. The molecule has 0 aromatic heterocycles. The van der Waals surface area contributed by atoms with Gasteiger partial charge in [-0.1, -0.05) is 0 Å². The van der Waals surface area contributed by atoms with Crippen molar-refractivity contribution in [3.63, 3.8) is 0 Å². The molecule has 3 N–H and O–H groups in total. The summed E-state index contributed by atoms with van der Waals surface area (Å²) in [6.45, 7) is 0.0536. The average Bonchev–Trinajstić information content (AvgIpc) is 2.05. The number of hydrogen-bond donors (Lipinski definition) is 3. The minimum Gasteiger partial charge on any atom is -0.548 e. The fourth-order valence-electron chi connectivity index (χ4n) is 1.12. The van der Waals surface area contributed by atoms with E-state index in [-0.39, 0.29) is 25.3 Å². The van der Waals surface area contributed by atoms with Crippen LogP contribution in [-0.4, -0.2) is 46.1 Å². The number of thioether (sulfide) groups is 1. The smallest absolute Gasteiger partial charge is 0.125 e. The molecule has 0 aliphatic carbocycles. The van der Waals surface area contributed by atoms with Gasteiger partial charge in [-0.3, -0.25) is 0 Å². The van der Waals surface area contributed by atoms with Crippen LogP contribution < -0.4 is 10.4 Å². The Hall–Kier alpha value is -0.300. The maximum atomic E-state index is 10.4. The number of aliphatic hydroxyl groups excluding tert-OH is 1. The third kappa shape index (κ3) is 2.84. The van der Waals surface area contributed by atoms with E-state index in [2.05, 4.69) is 5.32 Å². The fraction of sp³-hybridized carbons (Fsp3) is 0.857. The highest BCUT2D eigenvalue weighted by atomic mass is 32.2. The summed E-state index contributed by atoms with van der Waals surface area (Å²) in [7, 11) is 0. The molecule has 1 rings (SSSR count). The summed E-state index contributed by atoms with van der Waals surface area (Å²) in [5, 5.41) is 31.4. The molecule has 5 nitrogen and oxygen atoms in total. The topological polar surface area (TPSA) is 92.6 Å². The molecule has 1 aliphatic rings. The van der Waals surface area contributed by atoms with Gasteiger partial charge in [0.15, 0.2) is 0 Å². The molecule has 0 aromatic carbocycles. The van der Waals surface area contributed by atoms with Crippen molar-refractivity contribution in [3.05, 3.63) is 0 Å². The van der Waals surface area contributed by atoms with Crippen LogP contribution >= 0.6 is 11.8 Å². The van der Waals surface area contributed by atoms with Gasteiger partial charge in [0.1, 0.15) is 4.93 Å². The fourth-order valence-corrected chi connectivity index (χ4v) is 2.27. The molecule has 1 heterocycles. The predicted octanol–water partition coefficient (Wildman–Crippen LogP) is -2.49. The third-order valence-corrected chi connectivity index (χ3v) is 3.32. The van der Waals surface area contributed by atoms with E-state index in [1.54, 1.807) is 0 Å². The van der Waals surface area contributed by atoms with Crippen LogP contribution in [0.5, 0.6) is 0 Å². The van der Waals surface area contributed by atoms with E-state index in [0.717, 1.165) is 11.8 Å². The summed E-state index contributed by atoms with van der Waals surface area (Å²) in [6, 6.07) is -0.705. The number of β-amino-alcohol motifs (C(OH)–C–C–N with tert-alkyl or cyclic N) is 1. The number of carboxylic acids is 1. The monoisotopic (exact) mass is 206 g/mol. The van der Waals surface area contributed by atoms with Crippen molar-refractivity contribution >= 4 is 17.7 Å². The number of hydrogen-bond acceptors (Lipinski definition) is 6. The maximum absolute atomic E-state index is 10.4. The first-order chi connectivity index (χ1) is 6.07. The summed E-state index contributed by atoms with van der Waals surface area (Å²) in [6.07, 6.45) is 0.241.